The maximum Gasteiger partial charge on any atom is 0.322 e. The molecule has 3 heterocycles. The summed E-state index contributed by atoms with van der Waals surface area (Å²) < 4.78 is 32.6. The monoisotopic (exact) mass is 488 g/mol. The smallest absolute Gasteiger partial charge is 0.322 e. The minimum absolute atomic E-state index is 0.00454. The quantitative estimate of drug-likeness (QED) is 0.445. The van der Waals surface area contributed by atoms with Crippen molar-refractivity contribution in [1.29, 1.82) is 0 Å². The second-order valence-corrected chi connectivity index (χ2v) is 11.6. The first kappa shape index (κ1) is 26.2. The minimum Gasteiger partial charge on any atom is -0.480 e. The molecule has 0 spiro atoms. The van der Waals surface area contributed by atoms with Crippen molar-refractivity contribution in [3.8, 4) is 0 Å². The molecule has 0 unspecified atom stereocenters. The molecule has 0 saturated carbocycles. The lowest BCUT2D eigenvalue weighted by Crippen LogP contribution is -2.58. The van der Waals surface area contributed by atoms with Gasteiger partial charge in [0, 0.05) is 32.3 Å². The first-order valence-corrected chi connectivity index (χ1v) is 14.0. The molecular formula is C22H40N4O6S. The van der Waals surface area contributed by atoms with E-state index < -0.39 is 28.1 Å². The van der Waals surface area contributed by atoms with Crippen LogP contribution in [-0.2, 0) is 19.6 Å². The van der Waals surface area contributed by atoms with Gasteiger partial charge >= 0.3 is 12.0 Å². The van der Waals surface area contributed by atoms with Gasteiger partial charge in [-0.3, -0.25) is 4.79 Å². The number of carbonyl (C=O) groups excluding carboxylic acids is 1. The Morgan fingerprint density at radius 1 is 1.09 bits per heavy atom. The van der Waals surface area contributed by atoms with Gasteiger partial charge in [0.25, 0.3) is 0 Å². The summed E-state index contributed by atoms with van der Waals surface area (Å²) in [4.78, 5) is 26.2. The zero-order chi connectivity index (χ0) is 23.8. The Bertz CT molecular complexity index is 750. The fourth-order valence-corrected chi connectivity index (χ4v) is 6.75. The maximum atomic E-state index is 12.8. The lowest BCUT2D eigenvalue weighted by Gasteiger charge is -2.38. The number of carboxylic acid groups (broad SMARTS) is 1. The highest BCUT2D eigenvalue weighted by Crippen LogP contribution is 2.23. The fourth-order valence-electron chi connectivity index (χ4n) is 4.87. The van der Waals surface area contributed by atoms with Crippen molar-refractivity contribution in [3.63, 3.8) is 0 Å². The third-order valence-corrected chi connectivity index (χ3v) is 8.94. The van der Waals surface area contributed by atoms with Crippen LogP contribution in [0.1, 0.15) is 58.3 Å². The molecular weight excluding hydrogens is 448 g/mol. The molecule has 3 rings (SSSR count). The topological polar surface area (TPSA) is 128 Å². The summed E-state index contributed by atoms with van der Waals surface area (Å²) in [5, 5.41) is 15.8. The number of aliphatic carboxylic acids is 1. The van der Waals surface area contributed by atoms with Gasteiger partial charge in [-0.05, 0) is 64.0 Å². The fraction of sp³-hybridized carbons (Fsp3) is 0.909. The average molecular weight is 489 g/mol. The Kier molecular flexibility index (Phi) is 9.78. The van der Waals surface area contributed by atoms with Crippen molar-refractivity contribution in [2.45, 2.75) is 76.5 Å². The van der Waals surface area contributed by atoms with E-state index >= 15 is 0 Å². The lowest BCUT2D eigenvalue weighted by molar-refractivity contribution is -0.142. The number of rotatable bonds is 9. The third kappa shape index (κ3) is 7.53. The standard InChI is InChI=1S/C22H40N4O6S/c1-2-3-14-33(30,31)26-15-18(4-5-20(26)21(27)28)24-22(29)25-12-8-19(9-13-25)32-16-17-6-10-23-11-7-17/h17-20,23H,2-16H2,1H3,(H,24,29)(H,27,28)/t18-,20-/m0/s1. The lowest BCUT2D eigenvalue weighted by atomic mass is 9.99. The van der Waals surface area contributed by atoms with Crippen molar-refractivity contribution >= 4 is 22.0 Å². The minimum atomic E-state index is -3.69. The number of hydrogen-bond acceptors (Lipinski definition) is 6. The maximum absolute atomic E-state index is 12.8. The molecule has 3 fully saturated rings. The first-order valence-electron chi connectivity index (χ1n) is 12.4. The van der Waals surface area contributed by atoms with Gasteiger partial charge in [0.1, 0.15) is 6.04 Å². The Hall–Kier alpha value is -1.43. The summed E-state index contributed by atoms with van der Waals surface area (Å²) in [6, 6.07) is -1.66. The van der Waals surface area contributed by atoms with E-state index in [1.807, 2.05) is 6.92 Å². The summed E-state index contributed by atoms with van der Waals surface area (Å²) >= 11 is 0. The van der Waals surface area contributed by atoms with Crippen molar-refractivity contribution in [1.82, 2.24) is 19.8 Å². The van der Waals surface area contributed by atoms with Crippen LogP contribution in [0.15, 0.2) is 0 Å². The van der Waals surface area contributed by atoms with Crippen LogP contribution in [0.3, 0.4) is 0 Å². The second-order valence-electron chi connectivity index (χ2n) is 9.53. The predicted octanol–water partition coefficient (Wildman–Crippen LogP) is 1.22. The molecule has 190 valence electrons. The number of hydrogen-bond donors (Lipinski definition) is 3. The molecule has 3 aliphatic heterocycles. The van der Waals surface area contributed by atoms with Gasteiger partial charge < -0.3 is 25.4 Å². The number of unbranched alkanes of at least 4 members (excludes halogenated alkanes) is 1. The van der Waals surface area contributed by atoms with E-state index in [1.165, 1.54) is 0 Å². The molecule has 3 saturated heterocycles. The Morgan fingerprint density at radius 3 is 2.42 bits per heavy atom. The van der Waals surface area contributed by atoms with Crippen LogP contribution in [-0.4, -0.2) is 98.0 Å². The van der Waals surface area contributed by atoms with Gasteiger partial charge in [0.15, 0.2) is 0 Å². The molecule has 0 bridgehead atoms. The highest BCUT2D eigenvalue weighted by Gasteiger charge is 2.40. The molecule has 0 radical (unpaired) electrons. The summed E-state index contributed by atoms with van der Waals surface area (Å²) in [6.07, 6.45) is 5.89. The third-order valence-electron chi connectivity index (χ3n) is 7.02. The van der Waals surface area contributed by atoms with Crippen LogP contribution in [0.25, 0.3) is 0 Å². The summed E-state index contributed by atoms with van der Waals surface area (Å²) in [5.74, 6) is -0.588. The number of nitrogens with one attached hydrogen (secondary N) is 2. The molecule has 0 aliphatic carbocycles. The predicted molar refractivity (Wildman–Crippen MR) is 125 cm³/mol. The van der Waals surface area contributed by atoms with E-state index in [0.717, 1.165) is 49.7 Å². The molecule has 3 N–H and O–H groups in total. The highest BCUT2D eigenvalue weighted by molar-refractivity contribution is 7.89. The number of sulfonamides is 1. The largest absolute Gasteiger partial charge is 0.480 e. The summed E-state index contributed by atoms with van der Waals surface area (Å²) in [7, 11) is -3.69. The van der Waals surface area contributed by atoms with Gasteiger partial charge in [0.2, 0.25) is 10.0 Å². The van der Waals surface area contributed by atoms with Gasteiger partial charge in [-0.15, -0.1) is 0 Å². The Labute approximate surface area is 197 Å². The van der Waals surface area contributed by atoms with Crippen LogP contribution in [0, 0.1) is 5.92 Å². The number of ether oxygens (including phenoxy) is 1. The van der Waals surface area contributed by atoms with Crippen LogP contribution >= 0.6 is 0 Å². The summed E-state index contributed by atoms with van der Waals surface area (Å²) in [5.41, 5.74) is 0. The number of likely N-dealkylation sites (tertiary alicyclic amines) is 1. The van der Waals surface area contributed by atoms with E-state index in [9.17, 15) is 23.1 Å². The average Bonchev–Trinajstić information content (AvgIpc) is 2.82. The van der Waals surface area contributed by atoms with Crippen molar-refractivity contribution in [2.24, 2.45) is 5.92 Å². The van der Waals surface area contributed by atoms with Gasteiger partial charge in [-0.25, -0.2) is 13.2 Å². The summed E-state index contributed by atoms with van der Waals surface area (Å²) in [6.45, 7) is 6.00. The zero-order valence-corrected chi connectivity index (χ0v) is 20.5. The zero-order valence-electron chi connectivity index (χ0n) is 19.7. The van der Waals surface area contributed by atoms with Crippen molar-refractivity contribution in [3.05, 3.63) is 0 Å². The first-order chi connectivity index (χ1) is 15.8. The molecule has 33 heavy (non-hydrogen) atoms. The van der Waals surface area contributed by atoms with E-state index in [2.05, 4.69) is 10.6 Å². The van der Waals surface area contributed by atoms with Crippen LogP contribution < -0.4 is 10.6 Å². The van der Waals surface area contributed by atoms with Crippen molar-refractivity contribution < 1.29 is 27.9 Å². The van der Waals surface area contributed by atoms with Crippen LogP contribution in [0.4, 0.5) is 4.79 Å². The molecule has 0 aromatic heterocycles. The molecule has 11 heteroatoms. The van der Waals surface area contributed by atoms with Crippen molar-refractivity contribution in [2.75, 3.05) is 45.1 Å². The van der Waals surface area contributed by atoms with E-state index in [-0.39, 0.29) is 30.9 Å². The molecule has 0 aromatic rings. The number of piperidine rings is 3. The number of carbonyl (C=O) groups is 2. The number of urea groups is 1. The molecule has 3 aliphatic rings. The van der Waals surface area contributed by atoms with Crippen LogP contribution in [0.5, 0.6) is 0 Å². The van der Waals surface area contributed by atoms with Crippen LogP contribution in [0.2, 0.25) is 0 Å². The van der Waals surface area contributed by atoms with Gasteiger partial charge in [-0.2, -0.15) is 4.31 Å². The number of carboxylic acids is 1. The SMILES string of the molecule is CCCCS(=O)(=O)N1C[C@@H](NC(=O)N2CCC(OCC3CCNCC3)CC2)CC[C@H]1C(=O)O. The van der Waals surface area contributed by atoms with E-state index in [0.29, 0.717) is 38.3 Å². The molecule has 10 nitrogen and oxygen atoms in total. The second kappa shape index (κ2) is 12.3. The van der Waals surface area contributed by atoms with E-state index in [4.69, 9.17) is 4.74 Å². The molecule has 2 atom stereocenters. The Balaban J connectivity index is 1.46. The number of nitrogens with zero attached hydrogens (tertiary/aromatic N) is 2. The normalized spacial score (nSPS) is 26.3. The number of amides is 2. The van der Waals surface area contributed by atoms with Gasteiger partial charge in [0.05, 0.1) is 11.9 Å². The van der Waals surface area contributed by atoms with Gasteiger partial charge in [-0.1, -0.05) is 13.3 Å². The molecule has 0 aromatic carbocycles. The highest BCUT2D eigenvalue weighted by atomic mass is 32.2. The Morgan fingerprint density at radius 2 is 1.79 bits per heavy atom. The van der Waals surface area contributed by atoms with E-state index in [1.54, 1.807) is 4.90 Å². The molecule has 2 amide bonds.